The van der Waals surface area contributed by atoms with Crippen LogP contribution < -0.4 is 5.32 Å². The summed E-state index contributed by atoms with van der Waals surface area (Å²) in [4.78, 5) is 19.6. The number of benzene rings is 2. The zero-order chi connectivity index (χ0) is 20.9. The smallest absolute Gasteiger partial charge is 0.226 e. The number of carbonyl (C=O) groups excluding carboxylic acids is 1. The van der Waals surface area contributed by atoms with Gasteiger partial charge < -0.3 is 5.32 Å². The van der Waals surface area contributed by atoms with Gasteiger partial charge in [0, 0.05) is 41.6 Å². The van der Waals surface area contributed by atoms with Gasteiger partial charge in [-0.05, 0) is 37.5 Å². The van der Waals surface area contributed by atoms with Gasteiger partial charge >= 0.3 is 0 Å². The van der Waals surface area contributed by atoms with Crippen molar-refractivity contribution in [3.63, 3.8) is 0 Å². The fourth-order valence-corrected chi connectivity index (χ4v) is 4.70. The summed E-state index contributed by atoms with van der Waals surface area (Å²) in [5.41, 5.74) is 4.45. The number of nitrogens with one attached hydrogen (secondary N) is 1. The van der Waals surface area contributed by atoms with E-state index in [9.17, 15) is 4.79 Å². The molecule has 1 fully saturated rings. The highest BCUT2D eigenvalue weighted by molar-refractivity contribution is 7.13. The van der Waals surface area contributed by atoms with E-state index in [2.05, 4.69) is 58.5 Å². The van der Waals surface area contributed by atoms with E-state index in [-0.39, 0.29) is 11.9 Å². The topological polar surface area (TPSA) is 45.2 Å². The van der Waals surface area contributed by atoms with E-state index in [0.717, 1.165) is 53.8 Å². The number of halogens is 1. The summed E-state index contributed by atoms with van der Waals surface area (Å²) >= 11 is 7.55. The Bertz CT molecular complexity index is 976. The molecule has 0 saturated carbocycles. The number of aromatic nitrogens is 1. The molecule has 1 aliphatic heterocycles. The van der Waals surface area contributed by atoms with E-state index in [1.54, 1.807) is 11.3 Å². The molecule has 1 saturated heterocycles. The first-order valence-electron chi connectivity index (χ1n) is 10.3. The number of thiazole rings is 1. The molecule has 2 heterocycles. The maximum absolute atomic E-state index is 12.5. The molecular weight excluding hydrogens is 414 g/mol. The van der Waals surface area contributed by atoms with Crippen LogP contribution in [0.1, 0.15) is 29.7 Å². The van der Waals surface area contributed by atoms with E-state index < -0.39 is 0 Å². The monoisotopic (exact) mass is 439 g/mol. The minimum atomic E-state index is 0.0620. The molecule has 4 nitrogen and oxygen atoms in total. The first-order chi connectivity index (χ1) is 14.5. The Morgan fingerprint density at radius 1 is 1.13 bits per heavy atom. The first kappa shape index (κ1) is 21.0. The average molecular weight is 440 g/mol. The third-order valence-corrected chi connectivity index (χ3v) is 6.66. The van der Waals surface area contributed by atoms with Gasteiger partial charge in [0.15, 0.2) is 0 Å². The molecule has 4 rings (SSSR count). The average Bonchev–Trinajstić information content (AvgIpc) is 3.20. The molecule has 0 bridgehead atoms. The van der Waals surface area contributed by atoms with Crippen LogP contribution in [0.5, 0.6) is 0 Å². The standard InChI is InChI=1S/C24H26ClN3OS/c1-17-2-6-19(7-3-17)24-27-22(16-30-24)14-23(29)26-21-10-12-28(13-11-21)15-18-4-8-20(25)9-5-18/h2-9,16,21H,10-15H2,1H3,(H,26,29). The van der Waals surface area contributed by atoms with Gasteiger partial charge in [0.25, 0.3) is 0 Å². The Hall–Kier alpha value is -2.21. The summed E-state index contributed by atoms with van der Waals surface area (Å²) in [5.74, 6) is 0.0620. The predicted octanol–water partition coefficient (Wildman–Crippen LogP) is 5.10. The molecule has 1 amide bonds. The second-order valence-electron chi connectivity index (χ2n) is 7.93. The van der Waals surface area contributed by atoms with Gasteiger partial charge in [-0.25, -0.2) is 4.98 Å². The van der Waals surface area contributed by atoms with Crippen LogP contribution in [0.4, 0.5) is 0 Å². The number of nitrogens with zero attached hydrogens (tertiary/aromatic N) is 2. The van der Waals surface area contributed by atoms with Gasteiger partial charge in [0.05, 0.1) is 12.1 Å². The Morgan fingerprint density at radius 2 is 1.83 bits per heavy atom. The normalized spacial score (nSPS) is 15.3. The lowest BCUT2D eigenvalue weighted by Gasteiger charge is -2.32. The Labute approximate surface area is 186 Å². The number of piperidine rings is 1. The van der Waals surface area contributed by atoms with Gasteiger partial charge in [-0.2, -0.15) is 0 Å². The summed E-state index contributed by atoms with van der Waals surface area (Å²) in [6, 6.07) is 16.6. The maximum atomic E-state index is 12.5. The Morgan fingerprint density at radius 3 is 2.53 bits per heavy atom. The van der Waals surface area contributed by atoms with E-state index in [1.807, 2.05) is 17.5 Å². The number of hydrogen-bond donors (Lipinski definition) is 1. The van der Waals surface area contributed by atoms with Gasteiger partial charge in [-0.15, -0.1) is 11.3 Å². The SMILES string of the molecule is Cc1ccc(-c2nc(CC(=O)NC3CCN(Cc4ccc(Cl)cc4)CC3)cs2)cc1. The van der Waals surface area contributed by atoms with Crippen molar-refractivity contribution in [1.82, 2.24) is 15.2 Å². The molecule has 0 aliphatic carbocycles. The summed E-state index contributed by atoms with van der Waals surface area (Å²) < 4.78 is 0. The number of likely N-dealkylation sites (tertiary alicyclic amines) is 1. The molecule has 0 spiro atoms. The second-order valence-corrected chi connectivity index (χ2v) is 9.23. The quantitative estimate of drug-likeness (QED) is 0.581. The number of rotatable bonds is 6. The van der Waals surface area contributed by atoms with Crippen molar-refractivity contribution in [2.24, 2.45) is 0 Å². The lowest BCUT2D eigenvalue weighted by molar-refractivity contribution is -0.121. The third-order valence-electron chi connectivity index (χ3n) is 5.46. The van der Waals surface area contributed by atoms with Crippen molar-refractivity contribution >= 4 is 28.8 Å². The van der Waals surface area contributed by atoms with Crippen LogP contribution in [0.2, 0.25) is 5.02 Å². The van der Waals surface area contributed by atoms with Gasteiger partial charge in [0.1, 0.15) is 5.01 Å². The fraction of sp³-hybridized carbons (Fsp3) is 0.333. The Kier molecular flexibility index (Phi) is 6.82. The highest BCUT2D eigenvalue weighted by atomic mass is 35.5. The minimum absolute atomic E-state index is 0.0620. The van der Waals surface area contributed by atoms with E-state index >= 15 is 0 Å². The number of amides is 1. The van der Waals surface area contributed by atoms with Crippen molar-refractivity contribution in [2.45, 2.75) is 38.8 Å². The summed E-state index contributed by atoms with van der Waals surface area (Å²) in [6.07, 6.45) is 2.30. The lowest BCUT2D eigenvalue weighted by atomic mass is 10.0. The van der Waals surface area contributed by atoms with Crippen molar-refractivity contribution in [1.29, 1.82) is 0 Å². The van der Waals surface area contributed by atoms with Crippen LogP contribution in [0, 0.1) is 6.92 Å². The molecule has 2 aromatic carbocycles. The number of carbonyl (C=O) groups is 1. The molecule has 0 unspecified atom stereocenters. The summed E-state index contributed by atoms with van der Waals surface area (Å²) in [5, 5.41) is 6.92. The van der Waals surface area contributed by atoms with Crippen LogP contribution in [0.25, 0.3) is 10.6 Å². The van der Waals surface area contributed by atoms with Crippen LogP contribution in [-0.4, -0.2) is 34.9 Å². The maximum Gasteiger partial charge on any atom is 0.226 e. The van der Waals surface area contributed by atoms with Gasteiger partial charge in [-0.3, -0.25) is 9.69 Å². The predicted molar refractivity (Wildman–Crippen MR) is 124 cm³/mol. The first-order valence-corrected chi connectivity index (χ1v) is 11.6. The molecule has 0 radical (unpaired) electrons. The largest absolute Gasteiger partial charge is 0.353 e. The molecule has 0 atom stereocenters. The van der Waals surface area contributed by atoms with Gasteiger partial charge in [0.2, 0.25) is 5.91 Å². The second kappa shape index (κ2) is 9.73. The third kappa shape index (κ3) is 5.69. The fourth-order valence-electron chi connectivity index (χ4n) is 3.74. The van der Waals surface area contributed by atoms with Crippen molar-refractivity contribution < 1.29 is 4.79 Å². The van der Waals surface area contributed by atoms with Crippen LogP contribution in [0.15, 0.2) is 53.9 Å². The highest BCUT2D eigenvalue weighted by Gasteiger charge is 2.21. The van der Waals surface area contributed by atoms with Crippen LogP contribution in [0.3, 0.4) is 0 Å². The molecule has 30 heavy (non-hydrogen) atoms. The zero-order valence-corrected chi connectivity index (χ0v) is 18.7. The van der Waals surface area contributed by atoms with E-state index in [1.165, 1.54) is 11.1 Å². The molecule has 1 aromatic heterocycles. The molecule has 3 aromatic rings. The number of aryl methyl sites for hydroxylation is 1. The zero-order valence-electron chi connectivity index (χ0n) is 17.1. The molecule has 6 heteroatoms. The van der Waals surface area contributed by atoms with Crippen molar-refractivity contribution in [3.8, 4) is 10.6 Å². The lowest BCUT2D eigenvalue weighted by Crippen LogP contribution is -2.44. The van der Waals surface area contributed by atoms with E-state index in [4.69, 9.17) is 11.6 Å². The molecule has 156 valence electrons. The minimum Gasteiger partial charge on any atom is -0.353 e. The van der Waals surface area contributed by atoms with Crippen molar-refractivity contribution in [3.05, 3.63) is 75.8 Å². The summed E-state index contributed by atoms with van der Waals surface area (Å²) in [6.45, 7) is 4.98. The van der Waals surface area contributed by atoms with Gasteiger partial charge in [-0.1, -0.05) is 53.6 Å². The molecule has 1 aliphatic rings. The van der Waals surface area contributed by atoms with Crippen LogP contribution >= 0.6 is 22.9 Å². The van der Waals surface area contributed by atoms with E-state index in [0.29, 0.717) is 6.42 Å². The van der Waals surface area contributed by atoms with Crippen LogP contribution in [-0.2, 0) is 17.8 Å². The number of hydrogen-bond acceptors (Lipinski definition) is 4. The molecule has 1 N–H and O–H groups in total. The molecular formula is C24H26ClN3OS. The Balaban J connectivity index is 1.23. The van der Waals surface area contributed by atoms with Crippen molar-refractivity contribution in [2.75, 3.05) is 13.1 Å². The summed E-state index contributed by atoms with van der Waals surface area (Å²) in [7, 11) is 0. The highest BCUT2D eigenvalue weighted by Crippen LogP contribution is 2.24.